The summed E-state index contributed by atoms with van der Waals surface area (Å²) in [6, 6.07) is 0. The van der Waals surface area contributed by atoms with E-state index in [2.05, 4.69) is 19.3 Å². The molecular weight excluding hydrogens is 372 g/mol. The summed E-state index contributed by atoms with van der Waals surface area (Å²) in [4.78, 5) is 23.8. The zero-order valence-electron chi connectivity index (χ0n) is 20.4. The van der Waals surface area contributed by atoms with E-state index in [1.807, 2.05) is 6.08 Å². The number of hydrogen-bond donors (Lipinski definition) is 1. The van der Waals surface area contributed by atoms with Gasteiger partial charge in [-0.3, -0.25) is 15.0 Å². The van der Waals surface area contributed by atoms with E-state index < -0.39 is 0 Å². The van der Waals surface area contributed by atoms with E-state index in [4.69, 9.17) is 0 Å². The van der Waals surface area contributed by atoms with Crippen molar-refractivity contribution in [2.75, 3.05) is 0 Å². The molecule has 0 heterocycles. The summed E-state index contributed by atoms with van der Waals surface area (Å²) in [6.07, 6.45) is 26.8. The fourth-order valence-electron chi connectivity index (χ4n) is 3.64. The number of hydrazine groups is 1. The summed E-state index contributed by atoms with van der Waals surface area (Å²) in [5.41, 5.74) is 2.65. The van der Waals surface area contributed by atoms with Crippen LogP contribution in [-0.4, -0.2) is 16.8 Å². The first-order chi connectivity index (χ1) is 14.6. The van der Waals surface area contributed by atoms with Gasteiger partial charge in [-0.25, -0.2) is 5.01 Å². The predicted octanol–water partition coefficient (Wildman–Crippen LogP) is 7.83. The number of amides is 2. The molecule has 0 aromatic rings. The average Bonchev–Trinajstić information content (AvgIpc) is 2.72. The van der Waals surface area contributed by atoms with Gasteiger partial charge in [0.2, 0.25) is 11.8 Å². The molecule has 0 aliphatic heterocycles. The van der Waals surface area contributed by atoms with Crippen LogP contribution < -0.4 is 5.43 Å². The van der Waals surface area contributed by atoms with Crippen molar-refractivity contribution in [3.05, 3.63) is 12.3 Å². The summed E-state index contributed by atoms with van der Waals surface area (Å²) < 4.78 is 0. The number of carbonyl (C=O) groups excluding carboxylic acids is 2. The maximum Gasteiger partial charge on any atom is 0.245 e. The second kappa shape index (κ2) is 22.4. The van der Waals surface area contributed by atoms with Crippen LogP contribution in [0.3, 0.4) is 0 Å². The van der Waals surface area contributed by atoms with Gasteiger partial charge in [0.15, 0.2) is 0 Å². The van der Waals surface area contributed by atoms with Gasteiger partial charge in [0.25, 0.3) is 0 Å². The first-order valence-corrected chi connectivity index (χ1v) is 12.9. The van der Waals surface area contributed by atoms with Gasteiger partial charge in [-0.05, 0) is 19.3 Å². The summed E-state index contributed by atoms with van der Waals surface area (Å²) in [6.45, 7) is 5.93. The standard InChI is InChI=1S/C26H50N2O2/c1-4-6-8-10-12-13-14-15-16-18-20-22-24-28(27-25(3)29)26(30)23-21-19-17-11-9-7-5-2/h22,24H,4-21,23H2,1-3H3,(H,27,29)/b24-22-. The highest BCUT2D eigenvalue weighted by molar-refractivity contribution is 5.81. The van der Waals surface area contributed by atoms with Gasteiger partial charge in [-0.15, -0.1) is 0 Å². The Hall–Kier alpha value is -1.32. The summed E-state index contributed by atoms with van der Waals surface area (Å²) >= 11 is 0. The fraction of sp³-hybridized carbons (Fsp3) is 0.846. The van der Waals surface area contributed by atoms with E-state index in [0.29, 0.717) is 6.42 Å². The van der Waals surface area contributed by atoms with E-state index in [-0.39, 0.29) is 11.8 Å². The molecule has 4 heteroatoms. The minimum atomic E-state index is -0.202. The normalized spacial score (nSPS) is 11.2. The van der Waals surface area contributed by atoms with Gasteiger partial charge in [-0.1, -0.05) is 116 Å². The maximum absolute atomic E-state index is 12.4. The molecular formula is C26H50N2O2. The van der Waals surface area contributed by atoms with Gasteiger partial charge < -0.3 is 0 Å². The van der Waals surface area contributed by atoms with Crippen molar-refractivity contribution < 1.29 is 9.59 Å². The topological polar surface area (TPSA) is 49.4 Å². The highest BCUT2D eigenvalue weighted by atomic mass is 16.2. The third-order valence-electron chi connectivity index (χ3n) is 5.52. The van der Waals surface area contributed by atoms with E-state index in [9.17, 15) is 9.59 Å². The van der Waals surface area contributed by atoms with Crippen molar-refractivity contribution in [3.63, 3.8) is 0 Å². The van der Waals surface area contributed by atoms with Gasteiger partial charge in [0.05, 0.1) is 0 Å². The lowest BCUT2D eigenvalue weighted by Gasteiger charge is -2.18. The molecule has 0 rings (SSSR count). The molecule has 0 bridgehead atoms. The molecule has 0 aliphatic carbocycles. The number of carbonyl (C=O) groups is 2. The van der Waals surface area contributed by atoms with Crippen molar-refractivity contribution in [3.8, 4) is 0 Å². The second-order valence-corrected chi connectivity index (χ2v) is 8.66. The molecule has 176 valence electrons. The largest absolute Gasteiger partial charge is 0.274 e. The molecule has 1 N–H and O–H groups in total. The minimum absolute atomic E-state index is 0.0157. The number of nitrogens with one attached hydrogen (secondary N) is 1. The monoisotopic (exact) mass is 422 g/mol. The van der Waals surface area contributed by atoms with Gasteiger partial charge in [-0.2, -0.15) is 0 Å². The number of hydrogen-bond acceptors (Lipinski definition) is 2. The smallest absolute Gasteiger partial charge is 0.245 e. The molecule has 0 aromatic carbocycles. The quantitative estimate of drug-likeness (QED) is 0.160. The van der Waals surface area contributed by atoms with E-state index in [1.54, 1.807) is 6.20 Å². The van der Waals surface area contributed by atoms with Crippen LogP contribution in [0.5, 0.6) is 0 Å². The Morgan fingerprint density at radius 1 is 0.667 bits per heavy atom. The molecule has 0 saturated carbocycles. The molecule has 30 heavy (non-hydrogen) atoms. The Morgan fingerprint density at radius 3 is 1.57 bits per heavy atom. The highest BCUT2D eigenvalue weighted by Crippen LogP contribution is 2.12. The summed E-state index contributed by atoms with van der Waals surface area (Å²) in [5.74, 6) is -0.218. The Balaban J connectivity index is 3.86. The van der Waals surface area contributed by atoms with Crippen molar-refractivity contribution in [2.24, 2.45) is 0 Å². The molecule has 0 aromatic heterocycles. The van der Waals surface area contributed by atoms with E-state index >= 15 is 0 Å². The van der Waals surface area contributed by atoms with Crippen molar-refractivity contribution >= 4 is 11.8 Å². The maximum atomic E-state index is 12.4. The summed E-state index contributed by atoms with van der Waals surface area (Å²) in [7, 11) is 0. The number of unbranched alkanes of at least 4 members (excludes halogenated alkanes) is 16. The Bertz CT molecular complexity index is 435. The summed E-state index contributed by atoms with van der Waals surface area (Å²) in [5, 5.41) is 1.38. The first kappa shape index (κ1) is 28.7. The molecule has 0 unspecified atom stereocenters. The average molecular weight is 423 g/mol. The molecule has 0 fully saturated rings. The molecule has 0 radical (unpaired) electrons. The zero-order valence-corrected chi connectivity index (χ0v) is 20.4. The minimum Gasteiger partial charge on any atom is -0.274 e. The lowest BCUT2D eigenvalue weighted by atomic mass is 10.1. The third kappa shape index (κ3) is 20.0. The second-order valence-electron chi connectivity index (χ2n) is 8.66. The highest BCUT2D eigenvalue weighted by Gasteiger charge is 2.11. The Morgan fingerprint density at radius 2 is 1.10 bits per heavy atom. The number of nitrogens with zero attached hydrogens (tertiary/aromatic N) is 1. The molecule has 0 spiro atoms. The number of allylic oxidation sites excluding steroid dienone is 1. The van der Waals surface area contributed by atoms with Crippen LogP contribution >= 0.6 is 0 Å². The van der Waals surface area contributed by atoms with Crippen molar-refractivity contribution in [2.45, 2.75) is 143 Å². The van der Waals surface area contributed by atoms with E-state index in [1.165, 1.54) is 102 Å². The zero-order chi connectivity index (χ0) is 22.3. The van der Waals surface area contributed by atoms with Crippen molar-refractivity contribution in [1.29, 1.82) is 0 Å². The van der Waals surface area contributed by atoms with Crippen molar-refractivity contribution in [1.82, 2.24) is 10.4 Å². The van der Waals surface area contributed by atoms with Crippen LogP contribution in [0.25, 0.3) is 0 Å². The van der Waals surface area contributed by atoms with Gasteiger partial charge in [0, 0.05) is 19.5 Å². The fourth-order valence-corrected chi connectivity index (χ4v) is 3.64. The van der Waals surface area contributed by atoms with Gasteiger partial charge in [0.1, 0.15) is 0 Å². The number of rotatable bonds is 20. The lowest BCUT2D eigenvalue weighted by Crippen LogP contribution is -2.41. The molecule has 0 atom stereocenters. The van der Waals surface area contributed by atoms with Crippen LogP contribution in [0.15, 0.2) is 12.3 Å². The van der Waals surface area contributed by atoms with Crippen LogP contribution in [0.4, 0.5) is 0 Å². The third-order valence-corrected chi connectivity index (χ3v) is 5.52. The predicted molar refractivity (Wildman–Crippen MR) is 129 cm³/mol. The first-order valence-electron chi connectivity index (χ1n) is 12.9. The Labute approximate surface area is 187 Å². The molecule has 0 aliphatic rings. The lowest BCUT2D eigenvalue weighted by molar-refractivity contribution is -0.137. The van der Waals surface area contributed by atoms with E-state index in [0.717, 1.165) is 25.7 Å². The molecule has 4 nitrogen and oxygen atoms in total. The van der Waals surface area contributed by atoms with Gasteiger partial charge >= 0.3 is 0 Å². The SMILES string of the molecule is CCCCCCCCCCCC/C=C\N(NC(C)=O)C(=O)CCCCCCCCC. The van der Waals surface area contributed by atoms with Crippen LogP contribution in [0.2, 0.25) is 0 Å². The van der Waals surface area contributed by atoms with Crippen LogP contribution in [-0.2, 0) is 9.59 Å². The van der Waals surface area contributed by atoms with Crippen LogP contribution in [0.1, 0.15) is 143 Å². The molecule has 0 saturated heterocycles. The molecule has 2 amide bonds. The van der Waals surface area contributed by atoms with Crippen LogP contribution in [0, 0.1) is 0 Å². The Kier molecular flexibility index (Phi) is 21.4.